The fourth-order valence-corrected chi connectivity index (χ4v) is 3.35. The molecule has 0 saturated carbocycles. The minimum absolute atomic E-state index is 0.186. The number of hydrogen-bond acceptors (Lipinski definition) is 5. The highest BCUT2D eigenvalue weighted by atomic mass is 16.2. The van der Waals surface area contributed by atoms with E-state index in [2.05, 4.69) is 20.9 Å². The number of carbonyl (C=O) groups excluding carboxylic acids is 3. The second-order valence-corrected chi connectivity index (χ2v) is 8.22. The lowest BCUT2D eigenvalue weighted by atomic mass is 10.0. The van der Waals surface area contributed by atoms with Crippen LogP contribution in [0.1, 0.15) is 29.8 Å². The first-order valence-electron chi connectivity index (χ1n) is 11.1. The molecule has 0 fully saturated rings. The Bertz CT molecular complexity index is 1130. The molecule has 3 aromatic rings. The van der Waals surface area contributed by atoms with Crippen molar-refractivity contribution in [3.63, 3.8) is 0 Å². The van der Waals surface area contributed by atoms with Crippen LogP contribution in [-0.2, 0) is 16.0 Å². The molecule has 0 aliphatic rings. The van der Waals surface area contributed by atoms with Crippen molar-refractivity contribution in [1.29, 1.82) is 0 Å². The van der Waals surface area contributed by atoms with E-state index >= 15 is 0 Å². The van der Waals surface area contributed by atoms with Gasteiger partial charge in [0.25, 0.3) is 5.91 Å². The van der Waals surface area contributed by atoms with E-state index in [9.17, 15) is 14.4 Å². The number of hydrogen-bond donors (Lipinski definition) is 2. The minimum atomic E-state index is -0.805. The number of azo groups is 1. The van der Waals surface area contributed by atoms with Gasteiger partial charge in [-0.05, 0) is 48.2 Å². The summed E-state index contributed by atoms with van der Waals surface area (Å²) < 4.78 is 0. The van der Waals surface area contributed by atoms with Crippen LogP contribution in [0.5, 0.6) is 0 Å². The van der Waals surface area contributed by atoms with Crippen LogP contribution in [0.25, 0.3) is 0 Å². The highest BCUT2D eigenvalue weighted by Gasteiger charge is 2.26. The Balaban J connectivity index is 1.66. The van der Waals surface area contributed by atoms with Gasteiger partial charge < -0.3 is 15.4 Å². The minimum Gasteiger partial charge on any atom is -0.344 e. The SMILES string of the molecule is CC(C)[C@H](NC(=O)c1cccc(N=Nc2ccccc2)c1)C(=O)N[C@H](C=O)Cc1ccccc1. The van der Waals surface area contributed by atoms with Crippen molar-refractivity contribution in [1.82, 2.24) is 10.6 Å². The molecule has 174 valence electrons. The van der Waals surface area contributed by atoms with Crippen LogP contribution in [0.3, 0.4) is 0 Å². The average Bonchev–Trinajstić information content (AvgIpc) is 2.86. The summed E-state index contributed by atoms with van der Waals surface area (Å²) >= 11 is 0. The summed E-state index contributed by atoms with van der Waals surface area (Å²) in [6.45, 7) is 3.67. The lowest BCUT2D eigenvalue weighted by Gasteiger charge is -2.23. The van der Waals surface area contributed by atoms with Crippen molar-refractivity contribution < 1.29 is 14.4 Å². The van der Waals surface area contributed by atoms with Crippen molar-refractivity contribution in [3.05, 3.63) is 96.1 Å². The molecule has 34 heavy (non-hydrogen) atoms. The average molecular weight is 457 g/mol. The molecule has 2 N–H and O–H groups in total. The van der Waals surface area contributed by atoms with E-state index in [1.54, 1.807) is 24.3 Å². The summed E-state index contributed by atoms with van der Waals surface area (Å²) in [5, 5.41) is 13.9. The second kappa shape index (κ2) is 12.2. The van der Waals surface area contributed by atoms with Crippen LogP contribution in [0.4, 0.5) is 11.4 Å². The zero-order chi connectivity index (χ0) is 24.3. The molecule has 3 aromatic carbocycles. The van der Waals surface area contributed by atoms with Crippen LogP contribution in [-0.4, -0.2) is 30.2 Å². The third-order valence-corrected chi connectivity index (χ3v) is 5.17. The fraction of sp³-hybridized carbons (Fsp3) is 0.222. The van der Waals surface area contributed by atoms with Gasteiger partial charge >= 0.3 is 0 Å². The largest absolute Gasteiger partial charge is 0.344 e. The molecule has 0 unspecified atom stereocenters. The fourth-order valence-electron chi connectivity index (χ4n) is 3.35. The Hall–Kier alpha value is -4.13. The molecule has 0 radical (unpaired) electrons. The van der Waals surface area contributed by atoms with Crippen molar-refractivity contribution in [2.45, 2.75) is 32.4 Å². The highest BCUT2D eigenvalue weighted by Crippen LogP contribution is 2.19. The Morgan fingerprint density at radius 2 is 1.44 bits per heavy atom. The zero-order valence-electron chi connectivity index (χ0n) is 19.2. The van der Waals surface area contributed by atoms with E-state index in [1.165, 1.54) is 0 Å². The number of amides is 2. The van der Waals surface area contributed by atoms with Gasteiger partial charge in [-0.25, -0.2) is 0 Å². The van der Waals surface area contributed by atoms with Crippen LogP contribution >= 0.6 is 0 Å². The quantitative estimate of drug-likeness (QED) is 0.339. The molecule has 0 bridgehead atoms. The van der Waals surface area contributed by atoms with Crippen molar-refractivity contribution in [3.8, 4) is 0 Å². The maximum Gasteiger partial charge on any atom is 0.252 e. The van der Waals surface area contributed by atoms with Crippen LogP contribution < -0.4 is 10.6 Å². The Labute approximate surface area is 199 Å². The predicted octanol–water partition coefficient (Wildman–Crippen LogP) is 4.78. The summed E-state index contributed by atoms with van der Waals surface area (Å²) in [5.74, 6) is -0.999. The van der Waals surface area contributed by atoms with Crippen molar-refractivity contribution >= 4 is 29.5 Å². The van der Waals surface area contributed by atoms with Gasteiger partial charge in [-0.3, -0.25) is 9.59 Å². The first-order chi connectivity index (χ1) is 16.5. The molecule has 7 nitrogen and oxygen atoms in total. The second-order valence-electron chi connectivity index (χ2n) is 8.22. The first-order valence-corrected chi connectivity index (χ1v) is 11.1. The molecule has 3 rings (SSSR count). The molecule has 0 heterocycles. The number of nitrogens with zero attached hydrogens (tertiary/aromatic N) is 2. The topological polar surface area (TPSA) is 100.0 Å². The zero-order valence-corrected chi connectivity index (χ0v) is 19.2. The smallest absolute Gasteiger partial charge is 0.252 e. The van der Waals surface area contributed by atoms with Crippen LogP contribution in [0, 0.1) is 5.92 Å². The number of carbonyl (C=O) groups is 3. The standard InChI is InChI=1S/C27H28N4O3/c1-19(2)25(27(34)28-24(18-32)16-20-10-5-3-6-11-20)29-26(33)21-12-9-15-23(17-21)31-30-22-13-7-4-8-14-22/h3-15,17-19,24-25H,16H2,1-2H3,(H,28,34)(H,29,33)/t24-,25-/m0/s1. The molecular weight excluding hydrogens is 428 g/mol. The van der Waals surface area contributed by atoms with Gasteiger partial charge in [0.15, 0.2) is 0 Å². The van der Waals surface area contributed by atoms with E-state index in [4.69, 9.17) is 0 Å². The number of aldehydes is 1. The molecule has 0 saturated heterocycles. The Morgan fingerprint density at radius 3 is 2.09 bits per heavy atom. The number of benzene rings is 3. The summed E-state index contributed by atoms with van der Waals surface area (Å²) in [4.78, 5) is 37.4. The molecule has 0 spiro atoms. The molecule has 0 aliphatic carbocycles. The first kappa shape index (κ1) is 24.5. The predicted molar refractivity (Wildman–Crippen MR) is 131 cm³/mol. The third kappa shape index (κ3) is 7.20. The van der Waals surface area contributed by atoms with Gasteiger partial charge in [-0.2, -0.15) is 10.2 Å². The van der Waals surface area contributed by atoms with Gasteiger partial charge in [0, 0.05) is 5.56 Å². The highest BCUT2D eigenvalue weighted by molar-refractivity contribution is 5.98. The lowest BCUT2D eigenvalue weighted by Crippen LogP contribution is -2.52. The van der Waals surface area contributed by atoms with Crippen LogP contribution in [0.15, 0.2) is 95.2 Å². The van der Waals surface area contributed by atoms with Gasteiger partial charge in [-0.15, -0.1) is 0 Å². The lowest BCUT2D eigenvalue weighted by molar-refractivity contribution is -0.126. The van der Waals surface area contributed by atoms with Gasteiger partial charge in [0.1, 0.15) is 12.3 Å². The molecule has 7 heteroatoms. The summed E-state index contributed by atoms with van der Waals surface area (Å²) in [6, 6.07) is 23.9. The van der Waals surface area contributed by atoms with Gasteiger partial charge in [-0.1, -0.05) is 68.4 Å². The van der Waals surface area contributed by atoms with E-state index < -0.39 is 23.9 Å². The monoisotopic (exact) mass is 456 g/mol. The number of rotatable bonds is 10. The Morgan fingerprint density at radius 1 is 0.824 bits per heavy atom. The van der Waals surface area contributed by atoms with E-state index in [0.29, 0.717) is 29.6 Å². The maximum atomic E-state index is 12.9. The van der Waals surface area contributed by atoms with E-state index in [0.717, 1.165) is 5.56 Å². The van der Waals surface area contributed by atoms with Crippen molar-refractivity contribution in [2.24, 2.45) is 16.1 Å². The normalized spacial score (nSPS) is 12.8. The van der Waals surface area contributed by atoms with Crippen molar-refractivity contribution in [2.75, 3.05) is 0 Å². The summed E-state index contributed by atoms with van der Waals surface area (Å²) in [7, 11) is 0. The van der Waals surface area contributed by atoms with Gasteiger partial charge in [0.05, 0.1) is 17.4 Å². The summed E-state index contributed by atoms with van der Waals surface area (Å²) in [5.41, 5.74) is 2.52. The van der Waals surface area contributed by atoms with Gasteiger partial charge in [0.2, 0.25) is 5.91 Å². The maximum absolute atomic E-state index is 12.9. The molecule has 2 atom stereocenters. The Kier molecular flexibility index (Phi) is 8.80. The molecular formula is C27H28N4O3. The summed E-state index contributed by atoms with van der Waals surface area (Å²) in [6.07, 6.45) is 1.09. The van der Waals surface area contributed by atoms with E-state index in [-0.39, 0.29) is 5.92 Å². The van der Waals surface area contributed by atoms with E-state index in [1.807, 2.05) is 74.5 Å². The molecule has 2 amide bonds. The number of nitrogens with one attached hydrogen (secondary N) is 2. The molecule has 0 aliphatic heterocycles. The molecule has 0 aromatic heterocycles. The third-order valence-electron chi connectivity index (χ3n) is 5.17. The van der Waals surface area contributed by atoms with Crippen LogP contribution in [0.2, 0.25) is 0 Å².